The number of fused-ring (bicyclic) bond motifs is 4. The normalized spacial score (nSPS) is 15.2. The number of thiazole rings is 1. The molecule has 0 aliphatic carbocycles. The molecule has 2 aromatic carbocycles. The van der Waals surface area contributed by atoms with Crippen LogP contribution in [0.4, 0.5) is 18.9 Å². The van der Waals surface area contributed by atoms with E-state index in [0.29, 0.717) is 29.2 Å². The molecule has 1 aliphatic rings. The van der Waals surface area contributed by atoms with Gasteiger partial charge < -0.3 is 16.0 Å². The highest BCUT2D eigenvalue weighted by Crippen LogP contribution is 2.38. The zero-order valence-corrected chi connectivity index (χ0v) is 20.0. The Hall–Kier alpha value is -2.37. The van der Waals surface area contributed by atoms with E-state index in [4.69, 9.17) is 17.3 Å². The summed E-state index contributed by atoms with van der Waals surface area (Å²) in [5.41, 5.74) is 9.46. The second-order valence-electron chi connectivity index (χ2n) is 7.95. The quantitative estimate of drug-likeness (QED) is 0.339. The Morgan fingerprint density at radius 3 is 2.85 bits per heavy atom. The van der Waals surface area contributed by atoms with Gasteiger partial charge in [-0.15, -0.1) is 23.7 Å². The number of nitrogens with zero attached hydrogens (tertiary/aromatic N) is 2. The van der Waals surface area contributed by atoms with Gasteiger partial charge in [0.1, 0.15) is 6.04 Å². The second-order valence-corrected chi connectivity index (χ2v) is 9.28. The van der Waals surface area contributed by atoms with E-state index in [1.54, 1.807) is 0 Å². The van der Waals surface area contributed by atoms with Gasteiger partial charge in [0.25, 0.3) is 0 Å². The van der Waals surface area contributed by atoms with E-state index >= 15 is 0 Å². The predicted molar refractivity (Wildman–Crippen MR) is 131 cm³/mol. The number of hydrogen-bond acceptors (Lipinski definition) is 5. The zero-order chi connectivity index (χ0) is 23.3. The van der Waals surface area contributed by atoms with Gasteiger partial charge in [0, 0.05) is 46.9 Å². The maximum Gasteiger partial charge on any atom is 0.418 e. The molecule has 12 heteroatoms. The van der Waals surface area contributed by atoms with E-state index in [9.17, 15) is 18.0 Å². The van der Waals surface area contributed by atoms with Crippen molar-refractivity contribution in [1.82, 2.24) is 14.9 Å². The number of aromatic amines is 1. The highest BCUT2D eigenvalue weighted by molar-refractivity contribution is 7.16. The van der Waals surface area contributed by atoms with Crippen LogP contribution in [0.25, 0.3) is 21.1 Å². The molecule has 4 aromatic rings. The van der Waals surface area contributed by atoms with Crippen LogP contribution in [-0.4, -0.2) is 39.9 Å². The van der Waals surface area contributed by atoms with Crippen LogP contribution in [0.3, 0.4) is 0 Å². The molecule has 3 heterocycles. The van der Waals surface area contributed by atoms with Gasteiger partial charge in [-0.25, -0.2) is 4.98 Å². The number of hydrogen-bond donors (Lipinski definition) is 3. The van der Waals surface area contributed by atoms with Crippen molar-refractivity contribution in [3.05, 3.63) is 57.7 Å². The fourth-order valence-electron chi connectivity index (χ4n) is 4.40. The minimum atomic E-state index is -4.58. The van der Waals surface area contributed by atoms with Crippen molar-refractivity contribution >= 4 is 68.1 Å². The molecule has 0 fully saturated rings. The first-order chi connectivity index (χ1) is 15.7. The minimum Gasteiger partial charge on any atom is -0.357 e. The number of nitrogens with two attached hydrogens (primary N) is 1. The van der Waals surface area contributed by atoms with Crippen molar-refractivity contribution in [2.75, 3.05) is 18.4 Å². The van der Waals surface area contributed by atoms with Gasteiger partial charge in [0.15, 0.2) is 0 Å². The number of rotatable bonds is 4. The number of benzene rings is 2. The average Bonchev–Trinajstić information content (AvgIpc) is 3.36. The third kappa shape index (κ3) is 4.48. The first kappa shape index (κ1) is 24.7. The second kappa shape index (κ2) is 9.35. The number of carbonyl (C=O) groups is 1. The number of carbonyl (C=O) groups excluding carboxylic acids is 1. The van der Waals surface area contributed by atoms with Gasteiger partial charge in [-0.2, -0.15) is 13.2 Å². The Bertz CT molecular complexity index is 1370. The molecule has 1 atom stereocenters. The van der Waals surface area contributed by atoms with Crippen molar-refractivity contribution in [3.8, 4) is 0 Å². The third-order valence-electron chi connectivity index (χ3n) is 5.94. The largest absolute Gasteiger partial charge is 0.418 e. The molecule has 0 saturated carbocycles. The van der Waals surface area contributed by atoms with E-state index in [1.165, 1.54) is 11.6 Å². The molecule has 2 aromatic heterocycles. The van der Waals surface area contributed by atoms with Crippen molar-refractivity contribution < 1.29 is 18.0 Å². The Balaban J connectivity index is 0.00000274. The molecular formula is C22H20Cl2F3N5OS. The van der Waals surface area contributed by atoms with Gasteiger partial charge in [-0.1, -0.05) is 11.6 Å². The van der Waals surface area contributed by atoms with Crippen molar-refractivity contribution in [2.45, 2.75) is 25.2 Å². The number of amides is 1. The van der Waals surface area contributed by atoms with Gasteiger partial charge in [0.2, 0.25) is 5.91 Å². The smallest absolute Gasteiger partial charge is 0.357 e. The summed E-state index contributed by atoms with van der Waals surface area (Å²) in [5, 5.41) is 4.35. The molecular weight excluding hydrogens is 510 g/mol. The summed E-state index contributed by atoms with van der Waals surface area (Å²) in [7, 11) is 0. The Kier molecular flexibility index (Phi) is 6.80. The van der Waals surface area contributed by atoms with Crippen LogP contribution in [0.15, 0.2) is 35.8 Å². The molecule has 0 bridgehead atoms. The highest BCUT2D eigenvalue weighted by atomic mass is 35.5. The Morgan fingerprint density at radius 1 is 1.32 bits per heavy atom. The van der Waals surface area contributed by atoms with Crippen molar-refractivity contribution in [3.63, 3.8) is 0 Å². The minimum absolute atomic E-state index is 0. The monoisotopic (exact) mass is 529 g/mol. The molecule has 0 spiro atoms. The number of nitrogens with one attached hydrogen (secondary N) is 2. The summed E-state index contributed by atoms with van der Waals surface area (Å²) in [4.78, 5) is 22.2. The summed E-state index contributed by atoms with van der Waals surface area (Å²) in [6.45, 7) is 1.09. The first-order valence-electron chi connectivity index (χ1n) is 10.2. The van der Waals surface area contributed by atoms with Gasteiger partial charge >= 0.3 is 6.18 Å². The standard InChI is InChI=1S/C22H19ClF3N5OS.ClH/c23-11-1-2-16-14(5-11)13-3-4-31(9-17(13)30-16)18(8-27)21(32)29-12-6-15(22(24,25)26)20-19(7-12)33-10-28-20;/h1-2,5-7,10,18,30H,3-4,8-9,27H2,(H,29,32);1H/t18-;/m0./s1. The summed E-state index contributed by atoms with van der Waals surface area (Å²) in [5.74, 6) is -0.447. The molecule has 4 N–H and O–H groups in total. The number of aromatic nitrogens is 2. The van der Waals surface area contributed by atoms with Crippen LogP contribution in [0.1, 0.15) is 16.8 Å². The van der Waals surface area contributed by atoms with E-state index in [-0.39, 0.29) is 30.2 Å². The van der Waals surface area contributed by atoms with Gasteiger partial charge in [-0.05, 0) is 42.3 Å². The summed E-state index contributed by atoms with van der Waals surface area (Å²) in [6, 6.07) is 7.38. The van der Waals surface area contributed by atoms with Crippen LogP contribution in [0.2, 0.25) is 5.02 Å². The molecule has 1 amide bonds. The zero-order valence-electron chi connectivity index (χ0n) is 17.6. The maximum absolute atomic E-state index is 13.5. The van der Waals surface area contributed by atoms with Crippen LogP contribution in [0.5, 0.6) is 0 Å². The van der Waals surface area contributed by atoms with E-state index in [0.717, 1.165) is 39.6 Å². The lowest BCUT2D eigenvalue weighted by Gasteiger charge is -2.33. The summed E-state index contributed by atoms with van der Waals surface area (Å²) < 4.78 is 40.8. The fraction of sp³-hybridized carbons (Fsp3) is 0.273. The van der Waals surface area contributed by atoms with E-state index < -0.39 is 23.7 Å². The Labute approximate surface area is 207 Å². The van der Waals surface area contributed by atoms with Gasteiger partial charge in [0.05, 0.1) is 21.3 Å². The third-order valence-corrected chi connectivity index (χ3v) is 6.95. The summed E-state index contributed by atoms with van der Waals surface area (Å²) in [6.07, 6.45) is -3.88. The first-order valence-corrected chi connectivity index (χ1v) is 11.5. The molecule has 1 aliphatic heterocycles. The van der Waals surface area contributed by atoms with Crippen LogP contribution in [0, 0.1) is 0 Å². The average molecular weight is 530 g/mol. The van der Waals surface area contributed by atoms with E-state index in [2.05, 4.69) is 15.3 Å². The Morgan fingerprint density at radius 2 is 2.12 bits per heavy atom. The molecule has 6 nitrogen and oxygen atoms in total. The maximum atomic E-state index is 13.5. The number of alkyl halides is 3. The topological polar surface area (TPSA) is 87.0 Å². The number of halogens is 5. The predicted octanol–water partition coefficient (Wildman–Crippen LogP) is 5.20. The molecule has 180 valence electrons. The number of H-pyrrole nitrogens is 1. The number of anilines is 1. The molecule has 0 radical (unpaired) electrons. The SMILES string of the molecule is Cl.NC[C@@H](C(=O)Nc1cc(C(F)(F)F)c2ncsc2c1)N1CCc2c([nH]c3ccc(Cl)cc23)C1. The fourth-order valence-corrected chi connectivity index (χ4v) is 5.32. The molecule has 5 rings (SSSR count). The molecule has 0 saturated heterocycles. The lowest BCUT2D eigenvalue weighted by molar-refractivity contribution is -0.136. The highest BCUT2D eigenvalue weighted by Gasteiger charge is 2.35. The molecule has 0 unspecified atom stereocenters. The van der Waals surface area contributed by atoms with Crippen molar-refractivity contribution in [1.29, 1.82) is 0 Å². The van der Waals surface area contributed by atoms with Crippen LogP contribution >= 0.6 is 35.3 Å². The van der Waals surface area contributed by atoms with Crippen LogP contribution < -0.4 is 11.1 Å². The lowest BCUT2D eigenvalue weighted by atomic mass is 10.0. The summed E-state index contributed by atoms with van der Waals surface area (Å²) >= 11 is 7.22. The van der Waals surface area contributed by atoms with Crippen LogP contribution in [-0.2, 0) is 23.9 Å². The lowest BCUT2D eigenvalue weighted by Crippen LogP contribution is -2.50. The van der Waals surface area contributed by atoms with Gasteiger partial charge in [-0.3, -0.25) is 9.69 Å². The molecule has 34 heavy (non-hydrogen) atoms. The van der Waals surface area contributed by atoms with Crippen molar-refractivity contribution in [2.24, 2.45) is 5.73 Å². The van der Waals surface area contributed by atoms with E-state index in [1.807, 2.05) is 23.1 Å².